The number of benzene rings is 3. The summed E-state index contributed by atoms with van der Waals surface area (Å²) in [6.45, 7) is 1.95. The molecule has 3 rings (SSSR count). The van der Waals surface area contributed by atoms with Crippen LogP contribution in [0.1, 0.15) is 30.1 Å². The molecule has 0 saturated heterocycles. The minimum atomic E-state index is -0.293. The van der Waals surface area contributed by atoms with E-state index >= 15 is 0 Å². The van der Waals surface area contributed by atoms with Gasteiger partial charge in [0.2, 0.25) is 5.91 Å². The molecule has 7 heteroatoms. The van der Waals surface area contributed by atoms with E-state index < -0.39 is 0 Å². The van der Waals surface area contributed by atoms with Crippen LogP contribution in [0.4, 0.5) is 11.4 Å². The van der Waals surface area contributed by atoms with Crippen LogP contribution in [0, 0.1) is 0 Å². The number of fused-ring (bicyclic) bond motifs is 1. The molecule has 29 heavy (non-hydrogen) atoms. The van der Waals surface area contributed by atoms with Crippen molar-refractivity contribution in [2.24, 2.45) is 0 Å². The topological polar surface area (TPSA) is 70.2 Å². The zero-order valence-corrected chi connectivity index (χ0v) is 18.2. The summed E-state index contributed by atoms with van der Waals surface area (Å²) in [6, 6.07) is 18.4. The Bertz CT molecular complexity index is 1080. The predicted octanol–water partition coefficient (Wildman–Crippen LogP) is 5.47. The lowest BCUT2D eigenvalue weighted by Gasteiger charge is -2.12. The van der Waals surface area contributed by atoms with E-state index in [0.29, 0.717) is 23.4 Å². The first-order valence-corrected chi connectivity index (χ1v) is 10.4. The van der Waals surface area contributed by atoms with Gasteiger partial charge >= 0.3 is 0 Å². The van der Waals surface area contributed by atoms with E-state index in [1.807, 2.05) is 43.3 Å². The number of anilines is 2. The Hall–Kier alpha value is -2.77. The summed E-state index contributed by atoms with van der Waals surface area (Å²) in [4.78, 5) is 24.5. The minimum Gasteiger partial charge on any atom is -0.332 e. The molecule has 0 bridgehead atoms. The lowest BCUT2D eigenvalue weighted by molar-refractivity contribution is -0.116. The predicted molar refractivity (Wildman–Crippen MR) is 125 cm³/mol. The summed E-state index contributed by atoms with van der Waals surface area (Å²) < 4.78 is 0.923. The van der Waals surface area contributed by atoms with Crippen LogP contribution in [0.25, 0.3) is 10.8 Å². The average molecular weight is 470 g/mol. The monoisotopic (exact) mass is 469 g/mol. The number of nitrogens with one attached hydrogen (secondary N) is 3. The fourth-order valence-electron chi connectivity index (χ4n) is 2.93. The van der Waals surface area contributed by atoms with E-state index in [4.69, 9.17) is 12.2 Å². The Morgan fingerprint density at radius 1 is 0.931 bits per heavy atom. The van der Waals surface area contributed by atoms with Gasteiger partial charge in [-0.15, -0.1) is 0 Å². The first-order chi connectivity index (χ1) is 14.0. The van der Waals surface area contributed by atoms with Gasteiger partial charge in [-0.25, -0.2) is 0 Å². The van der Waals surface area contributed by atoms with Crippen molar-refractivity contribution in [1.29, 1.82) is 0 Å². The maximum Gasteiger partial charge on any atom is 0.258 e. The van der Waals surface area contributed by atoms with Crippen LogP contribution in [-0.4, -0.2) is 16.9 Å². The minimum absolute atomic E-state index is 0.0392. The van der Waals surface area contributed by atoms with Crippen molar-refractivity contribution in [1.82, 2.24) is 5.32 Å². The summed E-state index contributed by atoms with van der Waals surface area (Å²) in [6.07, 6.45) is 1.25. The van der Waals surface area contributed by atoms with Gasteiger partial charge < -0.3 is 10.6 Å². The van der Waals surface area contributed by atoms with Crippen molar-refractivity contribution < 1.29 is 9.59 Å². The van der Waals surface area contributed by atoms with Crippen LogP contribution in [-0.2, 0) is 4.79 Å². The number of carbonyl (C=O) groups excluding carboxylic acids is 2. The number of hydrogen-bond donors (Lipinski definition) is 3. The maximum atomic E-state index is 12.7. The van der Waals surface area contributed by atoms with E-state index in [-0.39, 0.29) is 16.9 Å². The molecular weight excluding hydrogens is 450 g/mol. The van der Waals surface area contributed by atoms with E-state index in [1.54, 1.807) is 24.3 Å². The Morgan fingerprint density at radius 2 is 1.59 bits per heavy atom. The molecule has 148 valence electrons. The third-order valence-electron chi connectivity index (χ3n) is 4.22. The van der Waals surface area contributed by atoms with Gasteiger partial charge in [-0.05, 0) is 59.7 Å². The van der Waals surface area contributed by atoms with Gasteiger partial charge in [0.25, 0.3) is 5.91 Å². The van der Waals surface area contributed by atoms with Gasteiger partial charge in [0.05, 0.1) is 0 Å². The second-order valence-electron chi connectivity index (χ2n) is 6.43. The van der Waals surface area contributed by atoms with E-state index in [9.17, 15) is 9.59 Å². The molecular formula is C22H20BrN3O2S. The molecule has 5 nitrogen and oxygen atoms in total. The molecule has 3 aromatic rings. The Kier molecular flexibility index (Phi) is 6.95. The summed E-state index contributed by atoms with van der Waals surface area (Å²) in [5.41, 5.74) is 1.88. The molecule has 0 radical (unpaired) electrons. The second-order valence-corrected chi connectivity index (χ2v) is 7.69. The summed E-state index contributed by atoms with van der Waals surface area (Å²) in [5, 5.41) is 10.5. The average Bonchev–Trinajstić information content (AvgIpc) is 2.68. The third kappa shape index (κ3) is 5.40. The fraction of sp³-hybridized carbons (Fsp3) is 0.136. The maximum absolute atomic E-state index is 12.7. The van der Waals surface area contributed by atoms with Crippen molar-refractivity contribution >= 4 is 67.2 Å². The molecule has 2 amide bonds. The van der Waals surface area contributed by atoms with Crippen LogP contribution in [0.15, 0.2) is 65.1 Å². The normalized spacial score (nSPS) is 10.4. The quantitative estimate of drug-likeness (QED) is 0.433. The Morgan fingerprint density at radius 3 is 2.34 bits per heavy atom. The van der Waals surface area contributed by atoms with E-state index in [0.717, 1.165) is 21.7 Å². The number of amides is 2. The molecule has 3 N–H and O–H groups in total. The number of thiocarbonyl (C=S) groups is 1. The molecule has 0 heterocycles. The van der Waals surface area contributed by atoms with Crippen molar-refractivity contribution in [2.75, 3.05) is 10.6 Å². The highest BCUT2D eigenvalue weighted by atomic mass is 79.9. The molecule has 0 unspecified atom stereocenters. The molecule has 3 aromatic carbocycles. The van der Waals surface area contributed by atoms with Gasteiger partial charge in [-0.3, -0.25) is 14.9 Å². The van der Waals surface area contributed by atoms with Gasteiger partial charge in [-0.2, -0.15) is 0 Å². The molecule has 0 spiro atoms. The van der Waals surface area contributed by atoms with Crippen LogP contribution < -0.4 is 16.0 Å². The molecule has 0 aliphatic rings. The van der Waals surface area contributed by atoms with Crippen molar-refractivity contribution in [3.8, 4) is 0 Å². The highest BCUT2D eigenvalue weighted by molar-refractivity contribution is 9.10. The molecule has 0 aliphatic heterocycles. The zero-order chi connectivity index (χ0) is 20.8. The van der Waals surface area contributed by atoms with Crippen molar-refractivity contribution in [3.05, 3.63) is 70.7 Å². The summed E-state index contributed by atoms with van der Waals surface area (Å²) >= 11 is 8.80. The number of hydrogen-bond acceptors (Lipinski definition) is 3. The lowest BCUT2D eigenvalue weighted by Crippen LogP contribution is -2.34. The standard InChI is InChI=1S/C22H20BrN3O2S/c1-2-6-20(27)24-14-7-3-8-15(13-14)25-22(29)26-21(28)18-11-4-10-17-16(18)9-5-12-19(17)23/h3-5,7-13H,2,6H2,1H3,(H,24,27)(H2,25,26,28,29). The number of carbonyl (C=O) groups is 2. The van der Waals surface area contributed by atoms with Crippen LogP contribution in [0.5, 0.6) is 0 Å². The summed E-state index contributed by atoms with van der Waals surface area (Å²) in [7, 11) is 0. The molecule has 0 atom stereocenters. The van der Waals surface area contributed by atoms with Crippen molar-refractivity contribution in [2.45, 2.75) is 19.8 Å². The molecule has 0 fully saturated rings. The van der Waals surface area contributed by atoms with Crippen LogP contribution in [0.2, 0.25) is 0 Å². The summed E-state index contributed by atoms with van der Waals surface area (Å²) in [5.74, 6) is -0.332. The lowest BCUT2D eigenvalue weighted by atomic mass is 10.0. The SMILES string of the molecule is CCCC(=O)Nc1cccc(NC(=S)NC(=O)c2cccc3c(Br)cccc23)c1. The van der Waals surface area contributed by atoms with Crippen molar-refractivity contribution in [3.63, 3.8) is 0 Å². The number of halogens is 1. The van der Waals surface area contributed by atoms with Crippen LogP contribution >= 0.6 is 28.1 Å². The highest BCUT2D eigenvalue weighted by Crippen LogP contribution is 2.26. The van der Waals surface area contributed by atoms with Gasteiger partial charge in [0, 0.05) is 27.8 Å². The van der Waals surface area contributed by atoms with E-state index in [1.165, 1.54) is 0 Å². The van der Waals surface area contributed by atoms with Crippen LogP contribution in [0.3, 0.4) is 0 Å². The second kappa shape index (κ2) is 9.62. The first-order valence-electron chi connectivity index (χ1n) is 9.17. The first kappa shape index (κ1) is 21.0. The number of rotatable bonds is 5. The van der Waals surface area contributed by atoms with Gasteiger partial charge in [0.1, 0.15) is 0 Å². The molecule has 0 aliphatic carbocycles. The highest BCUT2D eigenvalue weighted by Gasteiger charge is 2.13. The Labute approximate surface area is 183 Å². The fourth-order valence-corrected chi connectivity index (χ4v) is 3.64. The smallest absolute Gasteiger partial charge is 0.258 e. The van der Waals surface area contributed by atoms with Gasteiger partial charge in [0.15, 0.2) is 5.11 Å². The molecule has 0 aromatic heterocycles. The third-order valence-corrected chi connectivity index (χ3v) is 5.12. The molecule has 0 saturated carbocycles. The van der Waals surface area contributed by atoms with E-state index in [2.05, 4.69) is 31.9 Å². The van der Waals surface area contributed by atoms with Gasteiger partial charge in [-0.1, -0.05) is 53.2 Å². The zero-order valence-electron chi connectivity index (χ0n) is 15.8. The largest absolute Gasteiger partial charge is 0.332 e. The Balaban J connectivity index is 1.69.